The maximum Gasteiger partial charge on any atom is 0.407 e. The van der Waals surface area contributed by atoms with Crippen LogP contribution < -0.4 is 10.1 Å². The number of benzene rings is 1. The lowest BCUT2D eigenvalue weighted by Crippen LogP contribution is -2.53. The first-order chi connectivity index (χ1) is 12.3. The third-order valence-electron chi connectivity index (χ3n) is 4.43. The fourth-order valence-corrected chi connectivity index (χ4v) is 3.19. The number of aromatic nitrogens is 1. The smallest absolute Gasteiger partial charge is 0.407 e. The van der Waals surface area contributed by atoms with Gasteiger partial charge in [-0.25, -0.2) is 4.79 Å². The van der Waals surface area contributed by atoms with E-state index in [0.29, 0.717) is 25.3 Å². The zero-order chi connectivity index (χ0) is 17.1. The van der Waals surface area contributed by atoms with Crippen molar-refractivity contribution in [1.82, 2.24) is 10.5 Å². The lowest BCUT2D eigenvalue weighted by molar-refractivity contribution is -0.129. The second-order valence-corrected chi connectivity index (χ2v) is 6.29. The highest BCUT2D eigenvalue weighted by Gasteiger charge is 2.37. The van der Waals surface area contributed by atoms with Crippen molar-refractivity contribution in [3.63, 3.8) is 0 Å². The van der Waals surface area contributed by atoms with Crippen LogP contribution in [0.25, 0.3) is 0 Å². The third kappa shape index (κ3) is 3.93. The second-order valence-electron chi connectivity index (χ2n) is 6.29. The van der Waals surface area contributed by atoms with Gasteiger partial charge in [0, 0.05) is 12.5 Å². The van der Waals surface area contributed by atoms with Gasteiger partial charge >= 0.3 is 6.09 Å². The Morgan fingerprint density at radius 1 is 1.20 bits per heavy atom. The third-order valence-corrected chi connectivity index (χ3v) is 4.43. The average molecular weight is 344 g/mol. The number of fused-ring (bicyclic) bond motifs is 1. The Balaban J connectivity index is 1.29. The molecule has 1 amide bonds. The molecular weight excluding hydrogens is 324 g/mol. The molecule has 0 radical (unpaired) electrons. The Kier molecular flexibility index (Phi) is 4.56. The number of hydrogen-bond donors (Lipinski definition) is 1. The van der Waals surface area contributed by atoms with Crippen molar-refractivity contribution in [3.8, 4) is 5.75 Å². The van der Waals surface area contributed by atoms with Crippen LogP contribution in [0, 0.1) is 0 Å². The summed E-state index contributed by atoms with van der Waals surface area (Å²) in [5.74, 6) is 1.47. The minimum Gasteiger partial charge on any atom is -0.486 e. The molecule has 2 saturated heterocycles. The molecule has 0 saturated carbocycles. The monoisotopic (exact) mass is 344 g/mol. The van der Waals surface area contributed by atoms with E-state index in [1.54, 1.807) is 0 Å². The van der Waals surface area contributed by atoms with Gasteiger partial charge in [-0.1, -0.05) is 23.4 Å². The van der Waals surface area contributed by atoms with E-state index in [1.807, 2.05) is 36.4 Å². The van der Waals surface area contributed by atoms with E-state index in [0.717, 1.165) is 24.3 Å². The Morgan fingerprint density at radius 3 is 2.96 bits per heavy atom. The maximum absolute atomic E-state index is 11.2. The van der Waals surface area contributed by atoms with E-state index in [-0.39, 0.29) is 24.4 Å². The first-order valence-electron chi connectivity index (χ1n) is 8.48. The zero-order valence-electron chi connectivity index (χ0n) is 13.7. The Morgan fingerprint density at radius 2 is 2.08 bits per heavy atom. The zero-order valence-corrected chi connectivity index (χ0v) is 13.7. The molecule has 2 fully saturated rings. The molecule has 2 aliphatic rings. The first-order valence-corrected chi connectivity index (χ1v) is 8.48. The molecular formula is C18H20N2O5. The molecule has 2 aromatic rings. The van der Waals surface area contributed by atoms with Crippen LogP contribution in [0.4, 0.5) is 4.79 Å². The Labute approximate surface area is 145 Å². The van der Waals surface area contributed by atoms with Crippen molar-refractivity contribution in [3.05, 3.63) is 47.9 Å². The minimum absolute atomic E-state index is 0.0489. The van der Waals surface area contributed by atoms with E-state index in [2.05, 4.69) is 10.5 Å². The first kappa shape index (κ1) is 16.0. The van der Waals surface area contributed by atoms with Gasteiger partial charge in [-0.15, -0.1) is 0 Å². The van der Waals surface area contributed by atoms with Crippen LogP contribution in [-0.2, 0) is 22.5 Å². The highest BCUT2D eigenvalue weighted by molar-refractivity contribution is 5.68. The number of para-hydroxylation sites is 1. The van der Waals surface area contributed by atoms with Crippen LogP contribution in [0.5, 0.6) is 5.75 Å². The van der Waals surface area contributed by atoms with Crippen molar-refractivity contribution in [2.24, 2.45) is 0 Å². The molecule has 7 nitrogen and oxygen atoms in total. The van der Waals surface area contributed by atoms with Gasteiger partial charge in [-0.2, -0.15) is 0 Å². The molecule has 0 bridgehead atoms. The summed E-state index contributed by atoms with van der Waals surface area (Å²) in [7, 11) is 0. The fraction of sp³-hybridized carbons (Fsp3) is 0.444. The summed E-state index contributed by atoms with van der Waals surface area (Å²) in [4.78, 5) is 11.2. The topological polar surface area (TPSA) is 82.8 Å². The van der Waals surface area contributed by atoms with E-state index >= 15 is 0 Å². The van der Waals surface area contributed by atoms with E-state index in [4.69, 9.17) is 18.7 Å². The number of rotatable bonds is 5. The summed E-state index contributed by atoms with van der Waals surface area (Å²) < 4.78 is 22.3. The normalized spacial score (nSPS) is 25.6. The number of amides is 1. The van der Waals surface area contributed by atoms with Crippen molar-refractivity contribution >= 4 is 6.09 Å². The highest BCUT2D eigenvalue weighted by atomic mass is 16.6. The lowest BCUT2D eigenvalue weighted by atomic mass is 9.97. The molecule has 0 unspecified atom stereocenters. The van der Waals surface area contributed by atoms with Crippen LogP contribution in [0.1, 0.15) is 24.3 Å². The van der Waals surface area contributed by atoms with Crippen LogP contribution in [-0.4, -0.2) is 36.1 Å². The maximum atomic E-state index is 11.2. The van der Waals surface area contributed by atoms with Gasteiger partial charge in [0.1, 0.15) is 24.6 Å². The van der Waals surface area contributed by atoms with Crippen LogP contribution in [0.2, 0.25) is 0 Å². The van der Waals surface area contributed by atoms with Gasteiger partial charge in [-0.3, -0.25) is 0 Å². The standard InChI is InChI=1S/C18H20N2O5/c21-18-19-10-17-16(24-18)7-6-14(23-17)8-12-9-15(25-20-12)11-22-13-4-2-1-3-5-13/h1-5,9,14,16-17H,6-8,10-11H2,(H,19,21)/t14-,16-,17+/m0/s1. The van der Waals surface area contributed by atoms with Crippen LogP contribution >= 0.6 is 0 Å². The quantitative estimate of drug-likeness (QED) is 0.897. The predicted molar refractivity (Wildman–Crippen MR) is 87.1 cm³/mol. The predicted octanol–water partition coefficient (Wildman–Crippen LogP) is 2.45. The molecule has 1 N–H and O–H groups in total. The van der Waals surface area contributed by atoms with Crippen LogP contribution in [0.3, 0.4) is 0 Å². The number of ether oxygens (including phenoxy) is 3. The second kappa shape index (κ2) is 7.14. The molecule has 1 aromatic heterocycles. The number of carbonyl (C=O) groups excluding carboxylic acids is 1. The van der Waals surface area contributed by atoms with E-state index in [9.17, 15) is 4.79 Å². The molecule has 1 aromatic carbocycles. The van der Waals surface area contributed by atoms with Crippen molar-refractivity contribution in [2.75, 3.05) is 6.54 Å². The summed E-state index contributed by atoms with van der Waals surface area (Å²) >= 11 is 0. The SMILES string of the molecule is O=C1NC[C@H]2O[C@H](Cc3cc(COc4ccccc4)on3)CC[C@@H]2O1. The van der Waals surface area contributed by atoms with Gasteiger partial charge in [0.2, 0.25) is 0 Å². The summed E-state index contributed by atoms with van der Waals surface area (Å²) in [6.07, 6.45) is 1.77. The number of nitrogens with zero attached hydrogens (tertiary/aromatic N) is 1. The number of alkyl carbamates (subject to hydrolysis) is 1. The molecule has 132 valence electrons. The molecule has 25 heavy (non-hydrogen) atoms. The molecule has 7 heteroatoms. The van der Waals surface area contributed by atoms with Gasteiger partial charge in [0.15, 0.2) is 5.76 Å². The average Bonchev–Trinajstić information content (AvgIpc) is 3.08. The van der Waals surface area contributed by atoms with Crippen LogP contribution in [0.15, 0.2) is 40.9 Å². The lowest BCUT2D eigenvalue weighted by Gasteiger charge is -2.38. The van der Waals surface area contributed by atoms with E-state index in [1.165, 1.54) is 0 Å². The van der Waals surface area contributed by atoms with Crippen molar-refractivity contribution in [1.29, 1.82) is 0 Å². The molecule has 0 aliphatic carbocycles. The number of nitrogens with one attached hydrogen (secondary N) is 1. The molecule has 4 rings (SSSR count). The summed E-state index contributed by atoms with van der Waals surface area (Å²) in [6, 6.07) is 11.5. The van der Waals surface area contributed by atoms with Crippen molar-refractivity contribution < 1.29 is 23.5 Å². The Bertz CT molecular complexity index is 717. The molecule has 0 spiro atoms. The van der Waals surface area contributed by atoms with Gasteiger partial charge in [0.25, 0.3) is 0 Å². The van der Waals surface area contributed by atoms with Gasteiger partial charge < -0.3 is 24.1 Å². The summed E-state index contributed by atoms with van der Waals surface area (Å²) in [5.41, 5.74) is 0.843. The Hall–Kier alpha value is -2.54. The summed E-state index contributed by atoms with van der Waals surface area (Å²) in [6.45, 7) is 0.835. The minimum atomic E-state index is -0.358. The van der Waals surface area contributed by atoms with E-state index < -0.39 is 0 Å². The molecule has 3 atom stereocenters. The summed E-state index contributed by atoms with van der Waals surface area (Å²) in [5, 5.41) is 6.77. The number of hydrogen-bond acceptors (Lipinski definition) is 6. The highest BCUT2D eigenvalue weighted by Crippen LogP contribution is 2.26. The van der Waals surface area contributed by atoms with Gasteiger partial charge in [0.05, 0.1) is 18.3 Å². The molecule has 2 aliphatic heterocycles. The van der Waals surface area contributed by atoms with Gasteiger partial charge in [-0.05, 0) is 25.0 Å². The fourth-order valence-electron chi connectivity index (χ4n) is 3.19. The largest absolute Gasteiger partial charge is 0.486 e. The molecule has 3 heterocycles. The van der Waals surface area contributed by atoms with Crippen molar-refractivity contribution in [2.45, 2.75) is 44.2 Å². The number of carbonyl (C=O) groups is 1.